The topological polar surface area (TPSA) is 57.6 Å². The van der Waals surface area contributed by atoms with E-state index in [1.807, 2.05) is 23.9 Å². The lowest BCUT2D eigenvalue weighted by atomic mass is 10.1. The molecule has 0 aliphatic rings. The van der Waals surface area contributed by atoms with Crippen molar-refractivity contribution in [2.75, 3.05) is 19.3 Å². The number of benzene rings is 1. The van der Waals surface area contributed by atoms with Crippen LogP contribution in [0.25, 0.3) is 0 Å². The third-order valence-electron chi connectivity index (χ3n) is 2.99. The summed E-state index contributed by atoms with van der Waals surface area (Å²) in [5, 5.41) is 8.86. The molecule has 0 aromatic heterocycles. The average Bonchev–Trinajstić information content (AvgIpc) is 2.44. The summed E-state index contributed by atoms with van der Waals surface area (Å²) < 4.78 is 0. The number of nitrogens with zero attached hydrogens (tertiary/aromatic N) is 1. The molecule has 0 aliphatic carbocycles. The highest BCUT2D eigenvalue weighted by atomic mass is 32.2. The molecular weight excluding hydrogens is 274 g/mol. The minimum absolute atomic E-state index is 0.146. The van der Waals surface area contributed by atoms with Gasteiger partial charge in [0, 0.05) is 24.9 Å². The van der Waals surface area contributed by atoms with Crippen molar-refractivity contribution < 1.29 is 14.7 Å². The number of carboxylic acids is 1. The van der Waals surface area contributed by atoms with E-state index in [4.69, 9.17) is 5.11 Å². The Morgan fingerprint density at radius 1 is 1.30 bits per heavy atom. The second-order valence-electron chi connectivity index (χ2n) is 4.76. The molecule has 1 rings (SSSR count). The molecule has 0 fully saturated rings. The first-order chi connectivity index (χ1) is 9.45. The van der Waals surface area contributed by atoms with E-state index in [0.29, 0.717) is 5.56 Å². The normalized spacial score (nSPS) is 11.9. The molecule has 1 aromatic rings. The van der Waals surface area contributed by atoms with Gasteiger partial charge in [-0.05, 0) is 23.4 Å². The summed E-state index contributed by atoms with van der Waals surface area (Å²) in [6, 6.07) is 7.50. The van der Waals surface area contributed by atoms with E-state index >= 15 is 0 Å². The van der Waals surface area contributed by atoms with Crippen molar-refractivity contribution in [2.45, 2.75) is 19.6 Å². The Balaban J connectivity index is 2.64. The number of amides is 1. The predicted octanol–water partition coefficient (Wildman–Crippen LogP) is 2.73. The van der Waals surface area contributed by atoms with Gasteiger partial charge in [-0.1, -0.05) is 26.0 Å². The van der Waals surface area contributed by atoms with Gasteiger partial charge < -0.3 is 10.0 Å². The van der Waals surface area contributed by atoms with Gasteiger partial charge in [0.2, 0.25) is 0 Å². The van der Waals surface area contributed by atoms with Gasteiger partial charge in [-0.2, -0.15) is 11.8 Å². The molecule has 1 aromatic carbocycles. The van der Waals surface area contributed by atoms with Crippen LogP contribution in [0.4, 0.5) is 0 Å². The van der Waals surface area contributed by atoms with E-state index in [9.17, 15) is 9.59 Å². The molecule has 1 N–H and O–H groups in total. The van der Waals surface area contributed by atoms with Crippen molar-refractivity contribution in [1.82, 2.24) is 4.90 Å². The summed E-state index contributed by atoms with van der Waals surface area (Å²) in [6.07, 6.45) is 0. The molecule has 1 atom stereocenters. The van der Waals surface area contributed by atoms with Crippen LogP contribution in [0.1, 0.15) is 29.8 Å². The molecule has 0 saturated carbocycles. The van der Waals surface area contributed by atoms with Crippen LogP contribution in [0.2, 0.25) is 0 Å². The van der Waals surface area contributed by atoms with Crippen LogP contribution in [0.5, 0.6) is 0 Å². The van der Waals surface area contributed by atoms with Crippen molar-refractivity contribution in [1.29, 1.82) is 0 Å². The lowest BCUT2D eigenvalue weighted by molar-refractivity contribution is -0.141. The second kappa shape index (κ2) is 7.94. The number of carbonyl (C=O) groups is 2. The Morgan fingerprint density at radius 2 is 1.90 bits per heavy atom. The molecule has 0 bridgehead atoms. The van der Waals surface area contributed by atoms with Crippen LogP contribution < -0.4 is 0 Å². The van der Waals surface area contributed by atoms with Crippen LogP contribution in [-0.2, 0) is 10.5 Å². The first-order valence-corrected chi connectivity index (χ1v) is 7.76. The molecule has 1 unspecified atom stereocenters. The molecular formula is C15H21NO3S. The number of carbonyl (C=O) groups excluding carboxylic acids is 1. The average molecular weight is 295 g/mol. The van der Waals surface area contributed by atoms with Crippen LogP contribution in [0.3, 0.4) is 0 Å². The van der Waals surface area contributed by atoms with Crippen molar-refractivity contribution in [3.63, 3.8) is 0 Å². The molecule has 0 aliphatic heterocycles. The fourth-order valence-corrected chi connectivity index (χ4v) is 2.39. The molecule has 0 spiro atoms. The summed E-state index contributed by atoms with van der Waals surface area (Å²) in [5.41, 5.74) is 1.78. The van der Waals surface area contributed by atoms with Gasteiger partial charge in [-0.3, -0.25) is 9.59 Å². The predicted molar refractivity (Wildman–Crippen MR) is 82.0 cm³/mol. The number of carboxylic acid groups (broad SMARTS) is 1. The first kappa shape index (κ1) is 16.6. The van der Waals surface area contributed by atoms with Gasteiger partial charge >= 0.3 is 5.97 Å². The van der Waals surface area contributed by atoms with E-state index < -0.39 is 11.9 Å². The quantitative estimate of drug-likeness (QED) is 0.840. The minimum atomic E-state index is -0.892. The highest BCUT2D eigenvalue weighted by Crippen LogP contribution is 2.14. The largest absolute Gasteiger partial charge is 0.481 e. The van der Waals surface area contributed by atoms with Gasteiger partial charge in [-0.25, -0.2) is 0 Å². The standard InChI is InChI=1S/C15H21NO3S/c1-4-20-10-12-5-7-13(8-6-12)14(17)16(3)9-11(2)15(18)19/h5-8,11H,4,9-10H2,1-3H3,(H,18,19). The van der Waals surface area contributed by atoms with E-state index in [0.717, 1.165) is 11.5 Å². The zero-order valence-corrected chi connectivity index (χ0v) is 12.9. The van der Waals surface area contributed by atoms with Crippen LogP contribution >= 0.6 is 11.8 Å². The zero-order chi connectivity index (χ0) is 15.1. The van der Waals surface area contributed by atoms with Crippen LogP contribution in [-0.4, -0.2) is 41.2 Å². The maximum absolute atomic E-state index is 12.2. The highest BCUT2D eigenvalue weighted by molar-refractivity contribution is 7.98. The Kier molecular flexibility index (Phi) is 6.58. The van der Waals surface area contributed by atoms with Crippen LogP contribution in [0, 0.1) is 5.92 Å². The lowest BCUT2D eigenvalue weighted by Crippen LogP contribution is -2.33. The fourth-order valence-electron chi connectivity index (χ4n) is 1.76. The van der Waals surface area contributed by atoms with Crippen molar-refractivity contribution in [2.24, 2.45) is 5.92 Å². The van der Waals surface area contributed by atoms with Gasteiger partial charge in [0.25, 0.3) is 5.91 Å². The number of aliphatic carboxylic acids is 1. The Hall–Kier alpha value is -1.49. The second-order valence-corrected chi connectivity index (χ2v) is 6.03. The van der Waals surface area contributed by atoms with Gasteiger partial charge in [0.15, 0.2) is 0 Å². The lowest BCUT2D eigenvalue weighted by Gasteiger charge is -2.19. The van der Waals surface area contributed by atoms with Gasteiger partial charge in [-0.15, -0.1) is 0 Å². The summed E-state index contributed by atoms with van der Waals surface area (Å²) in [7, 11) is 1.63. The van der Waals surface area contributed by atoms with Crippen molar-refractivity contribution >= 4 is 23.6 Å². The third kappa shape index (κ3) is 4.89. The third-order valence-corrected chi connectivity index (χ3v) is 3.94. The molecule has 20 heavy (non-hydrogen) atoms. The van der Waals surface area contributed by atoms with E-state index in [-0.39, 0.29) is 12.5 Å². The number of hydrogen-bond acceptors (Lipinski definition) is 3. The molecule has 110 valence electrons. The number of thioether (sulfide) groups is 1. The molecule has 4 nitrogen and oxygen atoms in total. The van der Waals surface area contributed by atoms with E-state index in [1.54, 1.807) is 26.1 Å². The van der Waals surface area contributed by atoms with Crippen LogP contribution in [0.15, 0.2) is 24.3 Å². The number of rotatable bonds is 7. The molecule has 0 saturated heterocycles. The Morgan fingerprint density at radius 3 is 2.40 bits per heavy atom. The first-order valence-electron chi connectivity index (χ1n) is 6.60. The maximum Gasteiger partial charge on any atom is 0.308 e. The number of hydrogen-bond donors (Lipinski definition) is 1. The summed E-state index contributed by atoms with van der Waals surface area (Å²) >= 11 is 1.83. The van der Waals surface area contributed by atoms with Crippen molar-refractivity contribution in [3.8, 4) is 0 Å². The summed E-state index contributed by atoms with van der Waals surface area (Å²) in [4.78, 5) is 24.4. The Labute approximate surface area is 124 Å². The fraction of sp³-hybridized carbons (Fsp3) is 0.467. The molecule has 0 radical (unpaired) electrons. The van der Waals surface area contributed by atoms with E-state index in [1.165, 1.54) is 10.5 Å². The van der Waals surface area contributed by atoms with Gasteiger partial charge in [0.1, 0.15) is 0 Å². The zero-order valence-electron chi connectivity index (χ0n) is 12.1. The smallest absolute Gasteiger partial charge is 0.308 e. The van der Waals surface area contributed by atoms with E-state index in [2.05, 4.69) is 6.92 Å². The highest BCUT2D eigenvalue weighted by Gasteiger charge is 2.18. The summed E-state index contributed by atoms with van der Waals surface area (Å²) in [6.45, 7) is 3.92. The summed E-state index contributed by atoms with van der Waals surface area (Å²) in [5.74, 6) is 0.404. The maximum atomic E-state index is 12.2. The monoisotopic (exact) mass is 295 g/mol. The Bertz CT molecular complexity index is 459. The molecule has 5 heteroatoms. The van der Waals surface area contributed by atoms with Gasteiger partial charge in [0.05, 0.1) is 5.92 Å². The molecule has 0 heterocycles. The molecule has 1 amide bonds. The van der Waals surface area contributed by atoms with Crippen molar-refractivity contribution in [3.05, 3.63) is 35.4 Å². The minimum Gasteiger partial charge on any atom is -0.481 e. The SMILES string of the molecule is CCSCc1ccc(C(=O)N(C)CC(C)C(=O)O)cc1.